The Morgan fingerprint density at radius 1 is 1.62 bits per heavy atom. The van der Waals surface area contributed by atoms with E-state index in [2.05, 4.69) is 4.98 Å². The van der Waals surface area contributed by atoms with Crippen LogP contribution in [0.3, 0.4) is 0 Å². The standard InChI is InChI=1S/C11H16N2O2S/c1-7-4-5-13-11(9(7)10(12)16)15-8(2)6-14-3/h4-5,8H,6H2,1-3H3,(H2,12,16). The molecule has 0 fully saturated rings. The van der Waals surface area contributed by atoms with Crippen LogP contribution >= 0.6 is 12.2 Å². The van der Waals surface area contributed by atoms with Gasteiger partial charge in [0.15, 0.2) is 0 Å². The number of rotatable bonds is 5. The predicted molar refractivity (Wildman–Crippen MR) is 66.8 cm³/mol. The zero-order valence-corrected chi connectivity index (χ0v) is 10.5. The molecule has 1 atom stereocenters. The van der Waals surface area contributed by atoms with E-state index in [0.717, 1.165) is 5.56 Å². The van der Waals surface area contributed by atoms with Crippen molar-refractivity contribution in [1.82, 2.24) is 4.98 Å². The second-order valence-electron chi connectivity index (χ2n) is 3.56. The number of ether oxygens (including phenoxy) is 2. The van der Waals surface area contributed by atoms with E-state index in [4.69, 9.17) is 27.4 Å². The Morgan fingerprint density at radius 3 is 2.88 bits per heavy atom. The summed E-state index contributed by atoms with van der Waals surface area (Å²) in [6.45, 7) is 4.31. The highest BCUT2D eigenvalue weighted by Gasteiger charge is 2.13. The summed E-state index contributed by atoms with van der Waals surface area (Å²) in [6, 6.07) is 1.85. The van der Waals surface area contributed by atoms with Crippen molar-refractivity contribution in [2.24, 2.45) is 5.73 Å². The zero-order valence-electron chi connectivity index (χ0n) is 9.69. The van der Waals surface area contributed by atoms with Gasteiger partial charge < -0.3 is 15.2 Å². The Bertz CT molecular complexity index is 382. The van der Waals surface area contributed by atoms with E-state index in [9.17, 15) is 0 Å². The largest absolute Gasteiger partial charge is 0.472 e. The maximum atomic E-state index is 5.65. The van der Waals surface area contributed by atoms with E-state index in [1.807, 2.05) is 19.9 Å². The first kappa shape index (κ1) is 12.9. The van der Waals surface area contributed by atoms with E-state index >= 15 is 0 Å². The summed E-state index contributed by atoms with van der Waals surface area (Å²) in [7, 11) is 1.62. The molecule has 0 amide bonds. The summed E-state index contributed by atoms with van der Waals surface area (Å²) in [6.07, 6.45) is 1.58. The lowest BCUT2D eigenvalue weighted by Gasteiger charge is -2.16. The predicted octanol–water partition coefficient (Wildman–Crippen LogP) is 1.44. The van der Waals surface area contributed by atoms with Gasteiger partial charge >= 0.3 is 0 Å². The molecule has 1 aromatic rings. The van der Waals surface area contributed by atoms with Crippen molar-refractivity contribution in [3.63, 3.8) is 0 Å². The number of nitrogens with two attached hydrogens (primary N) is 1. The summed E-state index contributed by atoms with van der Waals surface area (Å²) in [5, 5.41) is 0. The topological polar surface area (TPSA) is 57.4 Å². The minimum absolute atomic E-state index is 0.0904. The number of thiocarbonyl (C=S) groups is 1. The highest BCUT2D eigenvalue weighted by atomic mass is 32.1. The molecule has 1 aromatic heterocycles. The van der Waals surface area contributed by atoms with E-state index in [0.29, 0.717) is 23.0 Å². The van der Waals surface area contributed by atoms with Crippen molar-refractivity contribution in [2.75, 3.05) is 13.7 Å². The van der Waals surface area contributed by atoms with Gasteiger partial charge in [0.2, 0.25) is 5.88 Å². The molecule has 0 aliphatic rings. The number of aryl methyl sites for hydroxylation is 1. The van der Waals surface area contributed by atoms with Crippen molar-refractivity contribution >= 4 is 17.2 Å². The van der Waals surface area contributed by atoms with Gasteiger partial charge in [-0.3, -0.25) is 0 Å². The number of pyridine rings is 1. The van der Waals surface area contributed by atoms with E-state index in [-0.39, 0.29) is 6.10 Å². The Hall–Kier alpha value is -1.20. The normalized spacial score (nSPS) is 12.2. The first-order valence-electron chi connectivity index (χ1n) is 4.97. The molecule has 0 aliphatic carbocycles. The molecule has 88 valence electrons. The van der Waals surface area contributed by atoms with Gasteiger partial charge in [-0.05, 0) is 25.5 Å². The third-order valence-corrected chi connectivity index (χ3v) is 2.29. The number of nitrogens with zero attached hydrogens (tertiary/aromatic N) is 1. The molecule has 16 heavy (non-hydrogen) atoms. The van der Waals surface area contributed by atoms with Crippen LogP contribution in [0.1, 0.15) is 18.1 Å². The van der Waals surface area contributed by atoms with Crippen LogP contribution in [0.4, 0.5) is 0 Å². The van der Waals surface area contributed by atoms with Crippen LogP contribution in [0, 0.1) is 6.92 Å². The lowest BCUT2D eigenvalue weighted by atomic mass is 10.1. The maximum absolute atomic E-state index is 5.65. The van der Waals surface area contributed by atoms with Gasteiger partial charge in [-0.15, -0.1) is 0 Å². The fourth-order valence-electron chi connectivity index (χ4n) is 1.38. The first-order valence-corrected chi connectivity index (χ1v) is 5.38. The molecule has 0 bridgehead atoms. The third-order valence-electron chi connectivity index (χ3n) is 2.09. The minimum Gasteiger partial charge on any atom is -0.472 e. The fraction of sp³-hybridized carbons (Fsp3) is 0.455. The zero-order chi connectivity index (χ0) is 12.1. The number of hydrogen-bond donors (Lipinski definition) is 1. The van der Waals surface area contributed by atoms with Crippen LogP contribution < -0.4 is 10.5 Å². The summed E-state index contributed by atoms with van der Waals surface area (Å²) < 4.78 is 10.6. The lowest BCUT2D eigenvalue weighted by Crippen LogP contribution is -2.22. The second kappa shape index (κ2) is 5.77. The van der Waals surface area contributed by atoms with Crippen molar-refractivity contribution in [2.45, 2.75) is 20.0 Å². The molecule has 0 radical (unpaired) electrons. The van der Waals surface area contributed by atoms with Crippen LogP contribution in [-0.2, 0) is 4.74 Å². The Kier molecular flexibility index (Phi) is 4.64. The average molecular weight is 240 g/mol. The van der Waals surface area contributed by atoms with Crippen LogP contribution in [0.2, 0.25) is 0 Å². The van der Waals surface area contributed by atoms with Gasteiger partial charge in [-0.2, -0.15) is 0 Å². The number of hydrogen-bond acceptors (Lipinski definition) is 4. The van der Waals surface area contributed by atoms with Crippen molar-refractivity contribution in [3.05, 3.63) is 23.4 Å². The van der Waals surface area contributed by atoms with Gasteiger partial charge in [0, 0.05) is 13.3 Å². The summed E-state index contributed by atoms with van der Waals surface area (Å²) >= 11 is 4.98. The molecule has 1 heterocycles. The highest BCUT2D eigenvalue weighted by Crippen LogP contribution is 2.19. The monoisotopic (exact) mass is 240 g/mol. The van der Waals surface area contributed by atoms with E-state index in [1.165, 1.54) is 0 Å². The Balaban J connectivity index is 2.95. The fourth-order valence-corrected chi connectivity index (χ4v) is 1.63. The van der Waals surface area contributed by atoms with Crippen LogP contribution in [0.15, 0.2) is 12.3 Å². The van der Waals surface area contributed by atoms with E-state index < -0.39 is 0 Å². The van der Waals surface area contributed by atoms with Gasteiger partial charge in [-0.25, -0.2) is 4.98 Å². The van der Waals surface area contributed by atoms with Crippen molar-refractivity contribution in [3.8, 4) is 5.88 Å². The molecule has 4 nitrogen and oxygen atoms in total. The van der Waals surface area contributed by atoms with Crippen molar-refractivity contribution in [1.29, 1.82) is 0 Å². The van der Waals surface area contributed by atoms with Crippen molar-refractivity contribution < 1.29 is 9.47 Å². The Morgan fingerprint density at radius 2 is 2.31 bits per heavy atom. The quantitative estimate of drug-likeness (QED) is 0.789. The molecular formula is C11H16N2O2S. The highest BCUT2D eigenvalue weighted by molar-refractivity contribution is 7.80. The first-order chi connectivity index (χ1) is 7.56. The molecular weight excluding hydrogens is 224 g/mol. The van der Waals surface area contributed by atoms with Gasteiger partial charge in [0.25, 0.3) is 0 Å². The number of aromatic nitrogens is 1. The summed E-state index contributed by atoms with van der Waals surface area (Å²) in [5.74, 6) is 0.469. The molecule has 0 aromatic carbocycles. The molecule has 0 aliphatic heterocycles. The maximum Gasteiger partial charge on any atom is 0.224 e. The smallest absolute Gasteiger partial charge is 0.224 e. The van der Waals surface area contributed by atoms with Crippen LogP contribution in [0.25, 0.3) is 0 Å². The Labute approximate surface area is 101 Å². The molecule has 1 unspecified atom stereocenters. The summed E-state index contributed by atoms with van der Waals surface area (Å²) in [4.78, 5) is 4.43. The molecule has 0 saturated heterocycles. The van der Waals surface area contributed by atoms with Gasteiger partial charge in [0.1, 0.15) is 11.1 Å². The second-order valence-corrected chi connectivity index (χ2v) is 4.00. The average Bonchev–Trinajstić information content (AvgIpc) is 2.17. The summed E-state index contributed by atoms with van der Waals surface area (Å²) in [5.41, 5.74) is 7.30. The molecule has 0 spiro atoms. The van der Waals surface area contributed by atoms with Crippen LogP contribution in [0.5, 0.6) is 5.88 Å². The van der Waals surface area contributed by atoms with Gasteiger partial charge in [-0.1, -0.05) is 12.2 Å². The molecule has 2 N–H and O–H groups in total. The third kappa shape index (κ3) is 3.15. The van der Waals surface area contributed by atoms with Gasteiger partial charge in [0.05, 0.1) is 12.2 Å². The molecule has 0 saturated carbocycles. The van der Waals surface area contributed by atoms with E-state index in [1.54, 1.807) is 13.3 Å². The lowest BCUT2D eigenvalue weighted by molar-refractivity contribution is 0.0888. The van der Waals surface area contributed by atoms with Crippen LogP contribution in [-0.4, -0.2) is 29.8 Å². The number of methoxy groups -OCH3 is 1. The molecule has 5 heteroatoms. The molecule has 1 rings (SSSR count). The SMILES string of the molecule is COCC(C)Oc1nccc(C)c1C(N)=S. The minimum atomic E-state index is -0.0904.